The van der Waals surface area contributed by atoms with Gasteiger partial charge in [-0.1, -0.05) is 54.4 Å². The Morgan fingerprint density at radius 1 is 1.14 bits per heavy atom. The van der Waals surface area contributed by atoms with Gasteiger partial charge in [0, 0.05) is 1.43 Å². The van der Waals surface area contributed by atoms with Crippen molar-refractivity contribution in [2.45, 2.75) is 60.8 Å². The maximum absolute atomic E-state index is 3.54. The average Bonchev–Trinajstić information content (AvgIpc) is 2.10. The quantitative estimate of drug-likeness (QED) is 0.619. The van der Waals surface area contributed by atoms with Crippen molar-refractivity contribution in [3.63, 3.8) is 0 Å². The molecule has 1 heteroatoms. The monoisotopic (exact) mass is 203 g/mol. The van der Waals surface area contributed by atoms with Gasteiger partial charge < -0.3 is 5.32 Å². The Balaban J connectivity index is -0.000000720. The van der Waals surface area contributed by atoms with E-state index in [0.717, 1.165) is 11.8 Å². The lowest BCUT2D eigenvalue weighted by molar-refractivity contribution is 0.405. The SMILES string of the molecule is C.CCCCC(CC)CNCC(C)C.[HH]. The molecule has 0 spiro atoms. The van der Waals surface area contributed by atoms with Gasteiger partial charge in [-0.05, 0) is 31.3 Å². The Bertz CT molecular complexity index is 105. The number of unbranched alkanes of at least 4 members (excludes halogenated alkanes) is 1. The normalized spacial score (nSPS) is 12.6. The van der Waals surface area contributed by atoms with Crippen molar-refractivity contribution in [2.24, 2.45) is 11.8 Å². The van der Waals surface area contributed by atoms with Crippen molar-refractivity contribution in [3.8, 4) is 0 Å². The summed E-state index contributed by atoms with van der Waals surface area (Å²) in [6.07, 6.45) is 5.45. The van der Waals surface area contributed by atoms with Gasteiger partial charge in [0.25, 0.3) is 0 Å². The number of hydrogen-bond acceptors (Lipinski definition) is 1. The highest BCUT2D eigenvalue weighted by molar-refractivity contribution is 4.61. The Morgan fingerprint density at radius 2 is 1.79 bits per heavy atom. The Labute approximate surface area is 93.2 Å². The third-order valence-electron chi connectivity index (χ3n) is 2.53. The second-order valence-electron chi connectivity index (χ2n) is 4.47. The van der Waals surface area contributed by atoms with Crippen LogP contribution in [-0.4, -0.2) is 13.1 Å². The van der Waals surface area contributed by atoms with Gasteiger partial charge in [-0.15, -0.1) is 0 Å². The van der Waals surface area contributed by atoms with Gasteiger partial charge in [0.05, 0.1) is 0 Å². The molecule has 0 rings (SSSR count). The molecule has 0 aliphatic rings. The Kier molecular flexibility index (Phi) is 12.9. The zero-order chi connectivity index (χ0) is 10.1. The summed E-state index contributed by atoms with van der Waals surface area (Å²) in [6.45, 7) is 11.5. The van der Waals surface area contributed by atoms with Crippen LogP contribution in [-0.2, 0) is 0 Å². The lowest BCUT2D eigenvalue weighted by atomic mass is 9.99. The number of nitrogens with one attached hydrogen (secondary N) is 1. The Morgan fingerprint density at radius 3 is 2.21 bits per heavy atom. The molecule has 0 bridgehead atoms. The maximum atomic E-state index is 3.54. The molecule has 0 aromatic heterocycles. The van der Waals surface area contributed by atoms with E-state index in [-0.39, 0.29) is 8.85 Å². The standard InChI is InChI=1S/C12H27N.CH4.H2/c1-5-7-8-12(6-2)10-13-9-11(3)4;;/h11-13H,5-10H2,1-4H3;1H4;1H. The fraction of sp³-hybridized carbons (Fsp3) is 1.00. The number of hydrogen-bond donors (Lipinski definition) is 1. The second-order valence-corrected chi connectivity index (χ2v) is 4.47. The fourth-order valence-electron chi connectivity index (χ4n) is 1.52. The van der Waals surface area contributed by atoms with E-state index >= 15 is 0 Å². The maximum Gasteiger partial charge on any atom is 0 e. The van der Waals surface area contributed by atoms with E-state index in [0.29, 0.717) is 0 Å². The van der Waals surface area contributed by atoms with E-state index in [1.54, 1.807) is 0 Å². The van der Waals surface area contributed by atoms with Gasteiger partial charge >= 0.3 is 0 Å². The molecule has 0 aliphatic carbocycles. The van der Waals surface area contributed by atoms with Crippen LogP contribution in [0.1, 0.15) is 62.2 Å². The predicted octanol–water partition coefficient (Wildman–Crippen LogP) is 4.33. The van der Waals surface area contributed by atoms with Gasteiger partial charge in [-0.3, -0.25) is 0 Å². The molecule has 0 fully saturated rings. The van der Waals surface area contributed by atoms with Crippen molar-refractivity contribution < 1.29 is 1.43 Å². The van der Waals surface area contributed by atoms with Gasteiger partial charge in [-0.2, -0.15) is 0 Å². The van der Waals surface area contributed by atoms with Crippen molar-refractivity contribution in [2.75, 3.05) is 13.1 Å². The molecule has 1 unspecified atom stereocenters. The van der Waals surface area contributed by atoms with Gasteiger partial charge in [-0.25, -0.2) is 0 Å². The summed E-state index contributed by atoms with van der Waals surface area (Å²) < 4.78 is 0. The second kappa shape index (κ2) is 11.0. The van der Waals surface area contributed by atoms with Gasteiger partial charge in [0.1, 0.15) is 0 Å². The van der Waals surface area contributed by atoms with Gasteiger partial charge in [0.2, 0.25) is 0 Å². The zero-order valence-electron chi connectivity index (χ0n) is 9.90. The minimum absolute atomic E-state index is 0. The van der Waals surface area contributed by atoms with E-state index in [1.807, 2.05) is 0 Å². The lowest BCUT2D eigenvalue weighted by Crippen LogP contribution is -2.26. The van der Waals surface area contributed by atoms with E-state index in [9.17, 15) is 0 Å². The molecule has 90 valence electrons. The minimum atomic E-state index is 0. The molecule has 0 aromatic rings. The minimum Gasteiger partial charge on any atom is -0.316 e. The van der Waals surface area contributed by atoms with Crippen LogP contribution in [0.3, 0.4) is 0 Å². The molecular formula is C13H33N. The molecule has 0 aromatic carbocycles. The molecule has 0 saturated carbocycles. The van der Waals surface area contributed by atoms with Gasteiger partial charge in [0.15, 0.2) is 0 Å². The molecule has 14 heavy (non-hydrogen) atoms. The van der Waals surface area contributed by atoms with Crippen molar-refractivity contribution in [3.05, 3.63) is 0 Å². The van der Waals surface area contributed by atoms with E-state index < -0.39 is 0 Å². The smallest absolute Gasteiger partial charge is 0 e. The van der Waals surface area contributed by atoms with Crippen molar-refractivity contribution in [1.29, 1.82) is 0 Å². The predicted molar refractivity (Wildman–Crippen MR) is 69.9 cm³/mol. The van der Waals surface area contributed by atoms with Crippen molar-refractivity contribution in [1.82, 2.24) is 5.32 Å². The third-order valence-corrected chi connectivity index (χ3v) is 2.53. The average molecular weight is 203 g/mol. The molecule has 1 nitrogen and oxygen atoms in total. The molecule has 0 aliphatic heterocycles. The van der Waals surface area contributed by atoms with Crippen LogP contribution >= 0.6 is 0 Å². The van der Waals surface area contributed by atoms with Crippen LogP contribution in [0.25, 0.3) is 0 Å². The summed E-state index contributed by atoms with van der Waals surface area (Å²) in [4.78, 5) is 0. The van der Waals surface area contributed by atoms with Crippen LogP contribution in [0, 0.1) is 11.8 Å². The summed E-state index contributed by atoms with van der Waals surface area (Å²) >= 11 is 0. The molecule has 0 heterocycles. The highest BCUT2D eigenvalue weighted by Gasteiger charge is 2.04. The van der Waals surface area contributed by atoms with E-state index in [1.165, 1.54) is 38.8 Å². The van der Waals surface area contributed by atoms with Crippen LogP contribution in [0.4, 0.5) is 0 Å². The van der Waals surface area contributed by atoms with Crippen molar-refractivity contribution >= 4 is 0 Å². The van der Waals surface area contributed by atoms with Crippen LogP contribution in [0.15, 0.2) is 0 Å². The first-order valence-corrected chi connectivity index (χ1v) is 5.91. The van der Waals surface area contributed by atoms with Crippen LogP contribution < -0.4 is 5.32 Å². The highest BCUT2D eigenvalue weighted by Crippen LogP contribution is 2.11. The molecule has 1 atom stereocenters. The largest absolute Gasteiger partial charge is 0.316 e. The first-order valence-electron chi connectivity index (χ1n) is 5.91. The fourth-order valence-corrected chi connectivity index (χ4v) is 1.52. The molecule has 0 amide bonds. The van der Waals surface area contributed by atoms with Crippen LogP contribution in [0.5, 0.6) is 0 Å². The summed E-state index contributed by atoms with van der Waals surface area (Å²) in [7, 11) is 0. The summed E-state index contributed by atoms with van der Waals surface area (Å²) in [5.74, 6) is 1.68. The Hall–Kier alpha value is -0.0400. The third kappa shape index (κ3) is 10.0. The highest BCUT2D eigenvalue weighted by atomic mass is 14.9. The molecular weight excluding hydrogens is 170 g/mol. The molecule has 0 radical (unpaired) electrons. The molecule has 1 N–H and O–H groups in total. The summed E-state index contributed by atoms with van der Waals surface area (Å²) in [6, 6.07) is 0. The first-order chi connectivity index (χ1) is 6.20. The van der Waals surface area contributed by atoms with Crippen LogP contribution in [0.2, 0.25) is 0 Å². The van der Waals surface area contributed by atoms with E-state index in [2.05, 4.69) is 33.0 Å². The van der Waals surface area contributed by atoms with E-state index in [4.69, 9.17) is 0 Å². The topological polar surface area (TPSA) is 12.0 Å². The summed E-state index contributed by atoms with van der Waals surface area (Å²) in [5.41, 5.74) is 0. The first kappa shape index (κ1) is 16.4. The molecule has 0 saturated heterocycles. The lowest BCUT2D eigenvalue weighted by Gasteiger charge is -2.16. The summed E-state index contributed by atoms with van der Waals surface area (Å²) in [5, 5.41) is 3.54. The zero-order valence-corrected chi connectivity index (χ0v) is 9.90. The number of rotatable bonds is 8.